The summed E-state index contributed by atoms with van der Waals surface area (Å²) >= 11 is 0. The Bertz CT molecular complexity index is 714. The Morgan fingerprint density at radius 3 is 1.78 bits per heavy atom. The van der Waals surface area contributed by atoms with Gasteiger partial charge in [-0.2, -0.15) is 0 Å². The van der Waals surface area contributed by atoms with Gasteiger partial charge in [0.1, 0.15) is 0 Å². The second kappa shape index (κ2) is 11.4. The van der Waals surface area contributed by atoms with E-state index in [0.717, 1.165) is 32.4 Å². The standard InChI is InChI=1S/C25H33NO/c1-4-7-23(18-19-27)20-24-12-10-21(11-13-24)8-9-22-14-16-25(17-15-22)26(5-2)6-3/h8-17,20,27H,4-7,18-19H2,1-3H3/b9-8+,23-20-. The number of rotatable bonds is 10. The first-order chi connectivity index (χ1) is 13.2. The SMILES string of the molecule is CCC/C(=C/c1ccc(/C=C/c2ccc(N(CC)CC)cc2)cc1)CCO. The normalized spacial score (nSPS) is 11.9. The van der Waals surface area contributed by atoms with Gasteiger partial charge in [-0.05, 0) is 55.5 Å². The van der Waals surface area contributed by atoms with Gasteiger partial charge in [0.25, 0.3) is 0 Å². The molecule has 0 fully saturated rings. The molecule has 0 atom stereocenters. The van der Waals surface area contributed by atoms with Crippen molar-refractivity contribution >= 4 is 23.9 Å². The van der Waals surface area contributed by atoms with Crippen LogP contribution in [0.2, 0.25) is 0 Å². The summed E-state index contributed by atoms with van der Waals surface area (Å²) in [7, 11) is 0. The molecule has 0 heterocycles. The molecule has 2 nitrogen and oxygen atoms in total. The fourth-order valence-corrected chi connectivity index (χ4v) is 3.25. The first-order valence-corrected chi connectivity index (χ1v) is 10.1. The lowest BCUT2D eigenvalue weighted by atomic mass is 10.0. The number of aliphatic hydroxyl groups excluding tert-OH is 1. The van der Waals surface area contributed by atoms with E-state index < -0.39 is 0 Å². The molecule has 0 aromatic heterocycles. The Morgan fingerprint density at radius 2 is 1.30 bits per heavy atom. The summed E-state index contributed by atoms with van der Waals surface area (Å²) < 4.78 is 0. The van der Waals surface area contributed by atoms with Crippen molar-refractivity contribution in [2.24, 2.45) is 0 Å². The highest BCUT2D eigenvalue weighted by atomic mass is 16.2. The van der Waals surface area contributed by atoms with Crippen molar-refractivity contribution in [2.75, 3.05) is 24.6 Å². The summed E-state index contributed by atoms with van der Waals surface area (Å²) in [6.45, 7) is 8.83. The molecule has 0 radical (unpaired) electrons. The van der Waals surface area contributed by atoms with Crippen molar-refractivity contribution in [2.45, 2.75) is 40.0 Å². The van der Waals surface area contributed by atoms with Crippen molar-refractivity contribution < 1.29 is 5.11 Å². The highest BCUT2D eigenvalue weighted by molar-refractivity contribution is 5.71. The van der Waals surface area contributed by atoms with Crippen molar-refractivity contribution in [1.29, 1.82) is 0 Å². The van der Waals surface area contributed by atoms with Crippen molar-refractivity contribution in [3.63, 3.8) is 0 Å². The van der Waals surface area contributed by atoms with E-state index in [1.54, 1.807) is 0 Å². The summed E-state index contributed by atoms with van der Waals surface area (Å²) in [5, 5.41) is 9.19. The van der Waals surface area contributed by atoms with Gasteiger partial charge in [0, 0.05) is 25.4 Å². The molecular weight excluding hydrogens is 330 g/mol. The number of anilines is 1. The lowest BCUT2D eigenvalue weighted by Crippen LogP contribution is -2.21. The Labute approximate surface area is 164 Å². The average Bonchev–Trinajstić information content (AvgIpc) is 2.70. The van der Waals surface area contributed by atoms with Gasteiger partial charge >= 0.3 is 0 Å². The van der Waals surface area contributed by atoms with Gasteiger partial charge in [0.2, 0.25) is 0 Å². The van der Waals surface area contributed by atoms with Crippen LogP contribution in [-0.2, 0) is 0 Å². The van der Waals surface area contributed by atoms with Crippen LogP contribution in [0.1, 0.15) is 56.7 Å². The third-order valence-electron chi connectivity index (χ3n) is 4.80. The molecule has 0 spiro atoms. The molecule has 0 saturated carbocycles. The van der Waals surface area contributed by atoms with Crippen molar-refractivity contribution in [3.8, 4) is 0 Å². The quantitative estimate of drug-likeness (QED) is 0.503. The Morgan fingerprint density at radius 1 is 0.778 bits per heavy atom. The van der Waals surface area contributed by atoms with Gasteiger partial charge in [-0.3, -0.25) is 0 Å². The second-order valence-corrected chi connectivity index (χ2v) is 6.79. The van der Waals surface area contributed by atoms with Gasteiger partial charge < -0.3 is 10.0 Å². The van der Waals surface area contributed by atoms with E-state index in [-0.39, 0.29) is 6.61 Å². The molecule has 0 aliphatic carbocycles. The van der Waals surface area contributed by atoms with E-state index in [1.807, 2.05) is 0 Å². The van der Waals surface area contributed by atoms with Crippen LogP contribution in [-0.4, -0.2) is 24.8 Å². The maximum absolute atomic E-state index is 9.19. The molecule has 2 rings (SSSR count). The Balaban J connectivity index is 2.04. The summed E-state index contributed by atoms with van der Waals surface area (Å²) in [4.78, 5) is 2.35. The van der Waals surface area contributed by atoms with E-state index in [1.165, 1.54) is 28.0 Å². The zero-order valence-corrected chi connectivity index (χ0v) is 17.0. The van der Waals surface area contributed by atoms with Gasteiger partial charge in [0.05, 0.1) is 0 Å². The predicted molar refractivity (Wildman–Crippen MR) is 120 cm³/mol. The van der Waals surface area contributed by atoms with Gasteiger partial charge in [-0.25, -0.2) is 0 Å². The molecule has 0 aliphatic rings. The van der Waals surface area contributed by atoms with Crippen LogP contribution in [0.5, 0.6) is 0 Å². The molecule has 2 aromatic rings. The Kier molecular flexibility index (Phi) is 8.86. The lowest BCUT2D eigenvalue weighted by molar-refractivity contribution is 0.298. The lowest BCUT2D eigenvalue weighted by Gasteiger charge is -2.20. The summed E-state index contributed by atoms with van der Waals surface area (Å²) in [5.41, 5.74) is 6.20. The first kappa shape index (κ1) is 21.0. The van der Waals surface area contributed by atoms with Crippen LogP contribution >= 0.6 is 0 Å². The fourth-order valence-electron chi connectivity index (χ4n) is 3.25. The van der Waals surface area contributed by atoms with Crippen LogP contribution < -0.4 is 4.90 Å². The van der Waals surface area contributed by atoms with Crippen LogP contribution in [0.25, 0.3) is 18.2 Å². The third-order valence-corrected chi connectivity index (χ3v) is 4.80. The van der Waals surface area contributed by atoms with Gasteiger partial charge in [0.15, 0.2) is 0 Å². The molecule has 0 bridgehead atoms. The molecule has 0 saturated heterocycles. The van der Waals surface area contributed by atoms with E-state index in [9.17, 15) is 5.11 Å². The number of benzene rings is 2. The largest absolute Gasteiger partial charge is 0.396 e. The molecular formula is C25H33NO. The minimum absolute atomic E-state index is 0.222. The molecule has 27 heavy (non-hydrogen) atoms. The number of hydrogen-bond donors (Lipinski definition) is 1. The molecule has 2 heteroatoms. The maximum atomic E-state index is 9.19. The molecule has 144 valence electrons. The molecule has 1 N–H and O–H groups in total. The molecule has 0 unspecified atom stereocenters. The maximum Gasteiger partial charge on any atom is 0.0468 e. The zero-order valence-electron chi connectivity index (χ0n) is 17.0. The number of nitrogens with zero attached hydrogens (tertiary/aromatic N) is 1. The van der Waals surface area contributed by atoms with E-state index in [0.29, 0.717) is 0 Å². The topological polar surface area (TPSA) is 23.5 Å². The van der Waals surface area contributed by atoms with Crippen LogP contribution in [0, 0.1) is 0 Å². The molecule has 0 aliphatic heterocycles. The van der Waals surface area contributed by atoms with E-state index >= 15 is 0 Å². The molecule has 2 aromatic carbocycles. The van der Waals surface area contributed by atoms with E-state index in [2.05, 4.69) is 92.4 Å². The number of aliphatic hydroxyl groups is 1. The Hall–Kier alpha value is -2.32. The average molecular weight is 364 g/mol. The highest BCUT2D eigenvalue weighted by Gasteiger charge is 2.00. The minimum atomic E-state index is 0.222. The van der Waals surface area contributed by atoms with Crippen LogP contribution in [0.15, 0.2) is 54.1 Å². The summed E-state index contributed by atoms with van der Waals surface area (Å²) in [5.74, 6) is 0. The predicted octanol–water partition coefficient (Wildman–Crippen LogP) is 6.27. The van der Waals surface area contributed by atoms with E-state index in [4.69, 9.17) is 0 Å². The summed E-state index contributed by atoms with van der Waals surface area (Å²) in [6, 6.07) is 17.3. The van der Waals surface area contributed by atoms with Crippen LogP contribution in [0.4, 0.5) is 5.69 Å². The zero-order chi connectivity index (χ0) is 19.5. The smallest absolute Gasteiger partial charge is 0.0468 e. The molecule has 0 amide bonds. The van der Waals surface area contributed by atoms with Crippen molar-refractivity contribution in [1.82, 2.24) is 0 Å². The monoisotopic (exact) mass is 363 g/mol. The van der Waals surface area contributed by atoms with Crippen molar-refractivity contribution in [3.05, 3.63) is 70.8 Å². The third kappa shape index (κ3) is 6.73. The van der Waals surface area contributed by atoms with Gasteiger partial charge in [-0.15, -0.1) is 0 Å². The van der Waals surface area contributed by atoms with Gasteiger partial charge in [-0.1, -0.05) is 73.5 Å². The van der Waals surface area contributed by atoms with Crippen LogP contribution in [0.3, 0.4) is 0 Å². The first-order valence-electron chi connectivity index (χ1n) is 10.1. The fraction of sp³-hybridized carbons (Fsp3) is 0.360. The minimum Gasteiger partial charge on any atom is -0.396 e. The second-order valence-electron chi connectivity index (χ2n) is 6.79. The number of hydrogen-bond acceptors (Lipinski definition) is 2. The summed E-state index contributed by atoms with van der Waals surface area (Å²) in [6.07, 6.45) is 9.44. The highest BCUT2D eigenvalue weighted by Crippen LogP contribution is 2.18.